The molecule has 0 heterocycles. The van der Waals surface area contributed by atoms with Gasteiger partial charge >= 0.3 is 0 Å². The van der Waals surface area contributed by atoms with Crippen molar-refractivity contribution >= 4 is 15.7 Å². The fraction of sp³-hybridized carbons (Fsp3) is 0.538. The third-order valence-corrected chi connectivity index (χ3v) is 5.30. The molecule has 0 radical (unpaired) electrons. The van der Waals surface area contributed by atoms with Crippen LogP contribution in [0.3, 0.4) is 0 Å². The Balaban J connectivity index is 2.25. The fourth-order valence-corrected chi connectivity index (χ4v) is 3.67. The van der Waals surface area contributed by atoms with Gasteiger partial charge in [0.05, 0.1) is 17.7 Å². The third-order valence-electron chi connectivity index (χ3n) is 3.76. The van der Waals surface area contributed by atoms with E-state index < -0.39 is 15.8 Å². The lowest BCUT2D eigenvalue weighted by molar-refractivity contribution is 0.260. The van der Waals surface area contributed by atoms with Gasteiger partial charge in [-0.15, -0.1) is 0 Å². The van der Waals surface area contributed by atoms with Crippen molar-refractivity contribution in [1.82, 2.24) is 4.72 Å². The number of halogens is 1. The van der Waals surface area contributed by atoms with Gasteiger partial charge in [0, 0.05) is 6.04 Å². The summed E-state index contributed by atoms with van der Waals surface area (Å²) in [5, 5.41) is 0. The van der Waals surface area contributed by atoms with Crippen molar-refractivity contribution in [2.75, 3.05) is 12.8 Å². The number of nitrogens with one attached hydrogen (secondary N) is 1. The molecule has 2 rings (SSSR count). The molecule has 1 atom stereocenters. The number of rotatable bonds is 5. The summed E-state index contributed by atoms with van der Waals surface area (Å²) in [5.74, 6) is -0.578. The van der Waals surface area contributed by atoms with E-state index in [0.29, 0.717) is 5.92 Å². The van der Waals surface area contributed by atoms with Gasteiger partial charge in [0.15, 0.2) is 11.6 Å². The van der Waals surface area contributed by atoms with Crippen LogP contribution in [0.15, 0.2) is 17.0 Å². The third kappa shape index (κ3) is 2.88. The van der Waals surface area contributed by atoms with Crippen LogP contribution in [0.1, 0.15) is 26.2 Å². The summed E-state index contributed by atoms with van der Waals surface area (Å²) >= 11 is 0. The summed E-state index contributed by atoms with van der Waals surface area (Å²) < 4.78 is 45.5. The molecule has 3 N–H and O–H groups in total. The van der Waals surface area contributed by atoms with Gasteiger partial charge in [-0.3, -0.25) is 0 Å². The number of ether oxygens (including phenoxy) is 1. The monoisotopic (exact) mass is 302 g/mol. The van der Waals surface area contributed by atoms with Crippen molar-refractivity contribution in [2.45, 2.75) is 37.1 Å². The van der Waals surface area contributed by atoms with Crippen molar-refractivity contribution in [3.05, 3.63) is 17.9 Å². The Morgan fingerprint density at radius 1 is 1.45 bits per heavy atom. The highest BCUT2D eigenvalue weighted by molar-refractivity contribution is 7.89. The molecule has 1 aromatic rings. The Hall–Kier alpha value is -1.34. The molecule has 1 aromatic carbocycles. The highest BCUT2D eigenvalue weighted by atomic mass is 32.2. The van der Waals surface area contributed by atoms with Crippen LogP contribution < -0.4 is 15.2 Å². The molecule has 0 saturated heterocycles. The second-order valence-electron chi connectivity index (χ2n) is 5.13. The van der Waals surface area contributed by atoms with E-state index in [1.807, 2.05) is 6.92 Å². The molecule has 0 aromatic heterocycles. The molecule has 112 valence electrons. The first-order chi connectivity index (χ1) is 9.35. The Labute approximate surface area is 118 Å². The van der Waals surface area contributed by atoms with Gasteiger partial charge in [0.2, 0.25) is 10.0 Å². The van der Waals surface area contributed by atoms with Crippen molar-refractivity contribution in [2.24, 2.45) is 5.92 Å². The molecule has 1 aliphatic carbocycles. The van der Waals surface area contributed by atoms with Crippen LogP contribution in [-0.4, -0.2) is 21.6 Å². The van der Waals surface area contributed by atoms with Gasteiger partial charge in [0.25, 0.3) is 0 Å². The maximum Gasteiger partial charge on any atom is 0.241 e. The first kappa shape index (κ1) is 15.1. The molecule has 1 aliphatic rings. The summed E-state index contributed by atoms with van der Waals surface area (Å²) in [7, 11) is -2.50. The van der Waals surface area contributed by atoms with Crippen LogP contribution in [0.25, 0.3) is 0 Å². The molecular weight excluding hydrogens is 283 g/mol. The lowest BCUT2D eigenvalue weighted by Crippen LogP contribution is -2.40. The van der Waals surface area contributed by atoms with Crippen molar-refractivity contribution < 1.29 is 17.5 Å². The quantitative estimate of drug-likeness (QED) is 0.814. The minimum atomic E-state index is -3.78. The molecule has 1 unspecified atom stereocenters. The zero-order valence-electron chi connectivity index (χ0n) is 11.5. The number of hydrogen-bond donors (Lipinski definition) is 2. The zero-order chi connectivity index (χ0) is 14.9. The van der Waals surface area contributed by atoms with E-state index in [-0.39, 0.29) is 22.4 Å². The molecule has 0 amide bonds. The summed E-state index contributed by atoms with van der Waals surface area (Å²) in [6.45, 7) is 1.82. The van der Waals surface area contributed by atoms with E-state index in [2.05, 4.69) is 4.72 Å². The predicted molar refractivity (Wildman–Crippen MR) is 74.5 cm³/mol. The zero-order valence-corrected chi connectivity index (χ0v) is 12.3. The normalized spacial score (nSPS) is 17.6. The number of anilines is 1. The average Bonchev–Trinajstić information content (AvgIpc) is 2.25. The predicted octanol–water partition coefficient (Wildman–Crippen LogP) is 1.88. The van der Waals surface area contributed by atoms with Gasteiger partial charge in [-0.2, -0.15) is 0 Å². The molecule has 0 spiro atoms. The molecule has 7 heteroatoms. The molecule has 5 nitrogen and oxygen atoms in total. The Morgan fingerprint density at radius 2 is 2.10 bits per heavy atom. The smallest absolute Gasteiger partial charge is 0.241 e. The van der Waals surface area contributed by atoms with E-state index in [0.717, 1.165) is 25.3 Å². The van der Waals surface area contributed by atoms with Gasteiger partial charge in [-0.1, -0.05) is 6.42 Å². The van der Waals surface area contributed by atoms with E-state index in [1.54, 1.807) is 0 Å². The average molecular weight is 302 g/mol. The molecule has 1 saturated carbocycles. The number of methoxy groups -OCH3 is 1. The number of nitrogen functional groups attached to an aromatic ring is 1. The molecule has 0 bridgehead atoms. The lowest BCUT2D eigenvalue weighted by atomic mass is 9.81. The number of hydrogen-bond acceptors (Lipinski definition) is 4. The number of nitrogens with two attached hydrogens (primary N) is 1. The highest BCUT2D eigenvalue weighted by Gasteiger charge is 2.28. The van der Waals surface area contributed by atoms with Crippen LogP contribution in [0.4, 0.5) is 10.1 Å². The number of sulfonamides is 1. The second kappa shape index (κ2) is 5.57. The standard InChI is InChI=1S/C13H19FN2O3S/c1-8(9-4-3-5-9)16-20(17,18)10-6-11(14)13(19-2)12(15)7-10/h6-9,16H,3-5,15H2,1-2H3. The van der Waals surface area contributed by atoms with Gasteiger partial charge in [0.1, 0.15) is 0 Å². The van der Waals surface area contributed by atoms with Crippen LogP contribution in [0.2, 0.25) is 0 Å². The molecule has 0 aliphatic heterocycles. The SMILES string of the molecule is COc1c(N)cc(S(=O)(=O)NC(C)C2CCC2)cc1F. The van der Waals surface area contributed by atoms with E-state index in [4.69, 9.17) is 10.5 Å². The highest BCUT2D eigenvalue weighted by Crippen LogP contribution is 2.31. The first-order valence-electron chi connectivity index (χ1n) is 6.50. The van der Waals surface area contributed by atoms with E-state index >= 15 is 0 Å². The maximum absolute atomic E-state index is 13.7. The van der Waals surface area contributed by atoms with Crippen molar-refractivity contribution in [3.63, 3.8) is 0 Å². The van der Waals surface area contributed by atoms with Crippen molar-refractivity contribution in [1.29, 1.82) is 0 Å². The lowest BCUT2D eigenvalue weighted by Gasteiger charge is -2.31. The Morgan fingerprint density at radius 3 is 2.55 bits per heavy atom. The molecular formula is C13H19FN2O3S. The molecule has 1 fully saturated rings. The van der Waals surface area contributed by atoms with Crippen LogP contribution in [0.5, 0.6) is 5.75 Å². The molecule has 20 heavy (non-hydrogen) atoms. The van der Waals surface area contributed by atoms with Gasteiger partial charge in [-0.25, -0.2) is 17.5 Å². The fourth-order valence-electron chi connectivity index (χ4n) is 2.31. The second-order valence-corrected chi connectivity index (χ2v) is 6.84. The van der Waals surface area contributed by atoms with Crippen LogP contribution >= 0.6 is 0 Å². The Kier molecular flexibility index (Phi) is 4.19. The maximum atomic E-state index is 13.7. The summed E-state index contributed by atoms with van der Waals surface area (Å²) in [6.07, 6.45) is 3.16. The summed E-state index contributed by atoms with van der Waals surface area (Å²) in [4.78, 5) is -0.181. The number of benzene rings is 1. The summed E-state index contributed by atoms with van der Waals surface area (Å²) in [5.41, 5.74) is 5.56. The van der Waals surface area contributed by atoms with E-state index in [9.17, 15) is 12.8 Å². The Bertz CT molecular complexity index is 577. The minimum Gasteiger partial charge on any atom is -0.492 e. The van der Waals surface area contributed by atoms with Crippen LogP contribution in [0, 0.1) is 11.7 Å². The minimum absolute atomic E-state index is 0.0378. The van der Waals surface area contributed by atoms with Crippen molar-refractivity contribution in [3.8, 4) is 5.75 Å². The summed E-state index contributed by atoms with van der Waals surface area (Å²) in [6, 6.07) is 1.96. The van der Waals surface area contributed by atoms with Gasteiger partial charge in [-0.05, 0) is 37.8 Å². The first-order valence-corrected chi connectivity index (χ1v) is 7.99. The van der Waals surface area contributed by atoms with E-state index in [1.165, 1.54) is 13.2 Å². The van der Waals surface area contributed by atoms with Crippen LogP contribution in [-0.2, 0) is 10.0 Å². The van der Waals surface area contributed by atoms with Gasteiger partial charge < -0.3 is 10.5 Å². The largest absolute Gasteiger partial charge is 0.492 e. The topological polar surface area (TPSA) is 81.4 Å².